The molecule has 1 aromatic heterocycles. The maximum absolute atomic E-state index is 12.3. The van der Waals surface area contributed by atoms with Gasteiger partial charge < -0.3 is 9.15 Å². The van der Waals surface area contributed by atoms with Crippen LogP contribution in [0.15, 0.2) is 56.6 Å². The molecular formula is C19H15Cl2NO6S. The molecule has 2 aromatic carbocycles. The number of ether oxygens (including phenoxy) is 1. The molecule has 0 fully saturated rings. The number of hydrogen-bond acceptors (Lipinski definition) is 6. The van der Waals surface area contributed by atoms with E-state index in [1.807, 2.05) is 13.0 Å². The third kappa shape index (κ3) is 5.16. The number of esters is 1. The molecule has 0 bridgehead atoms. The summed E-state index contributed by atoms with van der Waals surface area (Å²) in [5.41, 5.74) is 1.17. The van der Waals surface area contributed by atoms with Gasteiger partial charge in [-0.15, -0.1) is 0 Å². The van der Waals surface area contributed by atoms with Crippen LogP contribution in [0.3, 0.4) is 0 Å². The molecule has 0 aliphatic heterocycles. The summed E-state index contributed by atoms with van der Waals surface area (Å²) >= 11 is 11.6. The number of benzene rings is 2. The van der Waals surface area contributed by atoms with Gasteiger partial charge in [-0.1, -0.05) is 35.3 Å². The zero-order chi connectivity index (χ0) is 21.2. The van der Waals surface area contributed by atoms with Crippen LogP contribution in [0.4, 0.5) is 0 Å². The van der Waals surface area contributed by atoms with E-state index in [1.54, 1.807) is 12.1 Å². The normalized spacial score (nSPS) is 11.6. The quantitative estimate of drug-likeness (QED) is 0.451. The Bertz CT molecular complexity index is 1250. The van der Waals surface area contributed by atoms with Gasteiger partial charge in [-0.2, -0.15) is 4.72 Å². The van der Waals surface area contributed by atoms with Crippen LogP contribution in [0.1, 0.15) is 11.1 Å². The maximum Gasteiger partial charge on any atom is 0.336 e. The number of carbonyl (C=O) groups excluding carboxylic acids is 1. The number of halogens is 2. The van der Waals surface area contributed by atoms with Gasteiger partial charge in [0.05, 0.1) is 14.9 Å². The summed E-state index contributed by atoms with van der Waals surface area (Å²) in [5.74, 6) is -0.817. The average molecular weight is 456 g/mol. The minimum atomic E-state index is -3.98. The minimum absolute atomic E-state index is 0.0714. The zero-order valence-electron chi connectivity index (χ0n) is 15.1. The fourth-order valence-corrected chi connectivity index (χ4v) is 3.90. The van der Waals surface area contributed by atoms with Gasteiger partial charge in [0.2, 0.25) is 10.0 Å². The molecule has 0 spiro atoms. The Balaban J connectivity index is 1.67. The summed E-state index contributed by atoms with van der Waals surface area (Å²) in [6, 6.07) is 10.3. The lowest BCUT2D eigenvalue weighted by molar-refractivity contribution is -0.143. The summed E-state index contributed by atoms with van der Waals surface area (Å²) in [5, 5.41) is 0.904. The first kappa shape index (κ1) is 21.3. The monoisotopic (exact) mass is 455 g/mol. The van der Waals surface area contributed by atoms with Crippen LogP contribution >= 0.6 is 23.2 Å². The van der Waals surface area contributed by atoms with Gasteiger partial charge in [0, 0.05) is 17.0 Å². The van der Waals surface area contributed by atoms with E-state index in [0.717, 1.165) is 5.56 Å². The van der Waals surface area contributed by atoms with Crippen molar-refractivity contribution in [1.82, 2.24) is 4.72 Å². The van der Waals surface area contributed by atoms with Crippen LogP contribution in [0, 0.1) is 6.92 Å². The van der Waals surface area contributed by atoms with Gasteiger partial charge in [0.15, 0.2) is 0 Å². The molecule has 3 rings (SSSR count). The van der Waals surface area contributed by atoms with E-state index in [2.05, 4.69) is 4.72 Å². The first-order chi connectivity index (χ1) is 13.7. The molecule has 0 aliphatic carbocycles. The minimum Gasteiger partial charge on any atom is -0.460 e. The molecule has 0 saturated heterocycles. The van der Waals surface area contributed by atoms with Crippen molar-refractivity contribution in [3.63, 3.8) is 0 Å². The summed E-state index contributed by atoms with van der Waals surface area (Å²) in [7, 11) is -3.98. The van der Waals surface area contributed by atoms with Crippen LogP contribution in [-0.4, -0.2) is 20.9 Å². The summed E-state index contributed by atoms with van der Waals surface area (Å²) in [4.78, 5) is 23.6. The molecule has 0 amide bonds. The second-order valence-corrected chi connectivity index (χ2v) is 8.73. The lowest BCUT2D eigenvalue weighted by atomic mass is 10.1. The highest BCUT2D eigenvalue weighted by atomic mass is 35.5. The van der Waals surface area contributed by atoms with Crippen LogP contribution in [-0.2, 0) is 26.2 Å². The first-order valence-electron chi connectivity index (χ1n) is 8.29. The van der Waals surface area contributed by atoms with Crippen molar-refractivity contribution < 1.29 is 22.4 Å². The number of rotatable bonds is 6. The van der Waals surface area contributed by atoms with Gasteiger partial charge in [-0.05, 0) is 36.8 Å². The van der Waals surface area contributed by atoms with Crippen molar-refractivity contribution in [1.29, 1.82) is 0 Å². The number of fused-ring (bicyclic) bond motifs is 1. The van der Waals surface area contributed by atoms with Gasteiger partial charge in [-0.3, -0.25) is 4.79 Å². The second-order valence-electron chi connectivity index (χ2n) is 6.15. The second kappa shape index (κ2) is 8.54. The van der Waals surface area contributed by atoms with Gasteiger partial charge in [-0.25, -0.2) is 13.2 Å². The maximum atomic E-state index is 12.3. The van der Waals surface area contributed by atoms with E-state index < -0.39 is 28.2 Å². The van der Waals surface area contributed by atoms with Crippen molar-refractivity contribution in [2.75, 3.05) is 6.54 Å². The predicted molar refractivity (Wildman–Crippen MR) is 109 cm³/mol. The molecule has 1 N–H and O–H groups in total. The van der Waals surface area contributed by atoms with Crippen molar-refractivity contribution in [3.8, 4) is 0 Å². The average Bonchev–Trinajstić information content (AvgIpc) is 2.66. The predicted octanol–water partition coefficient (Wildman–Crippen LogP) is 3.43. The Labute approximate surface area is 176 Å². The Morgan fingerprint density at radius 3 is 2.59 bits per heavy atom. The molecule has 0 saturated carbocycles. The topological polar surface area (TPSA) is 103 Å². The lowest BCUT2D eigenvalue weighted by Crippen LogP contribution is -2.30. The molecule has 152 valence electrons. The fraction of sp³-hybridized carbons (Fsp3) is 0.158. The molecule has 10 heteroatoms. The standard InChI is InChI=1S/C19H15Cl2NO6S/c1-11-2-4-14-12(7-18(23)28-17(14)6-11)10-27-19(24)9-22-29(25,26)13-3-5-15(20)16(21)8-13/h2-8,22H,9-10H2,1H3. The Morgan fingerprint density at radius 2 is 1.86 bits per heavy atom. The molecule has 29 heavy (non-hydrogen) atoms. The molecule has 0 radical (unpaired) electrons. The molecule has 1 heterocycles. The van der Waals surface area contributed by atoms with E-state index in [1.165, 1.54) is 24.3 Å². The SMILES string of the molecule is Cc1ccc2c(COC(=O)CNS(=O)(=O)c3ccc(Cl)c(Cl)c3)cc(=O)oc2c1. The van der Waals surface area contributed by atoms with E-state index >= 15 is 0 Å². The van der Waals surface area contributed by atoms with Crippen molar-refractivity contribution in [3.05, 3.63) is 74.1 Å². The number of carbonyl (C=O) groups is 1. The smallest absolute Gasteiger partial charge is 0.336 e. The lowest BCUT2D eigenvalue weighted by Gasteiger charge is -2.09. The Hall–Kier alpha value is -2.39. The zero-order valence-corrected chi connectivity index (χ0v) is 17.4. The summed E-state index contributed by atoms with van der Waals surface area (Å²) < 4.78 is 36.9. The van der Waals surface area contributed by atoms with Crippen LogP contribution in [0.5, 0.6) is 0 Å². The molecule has 0 unspecified atom stereocenters. The Morgan fingerprint density at radius 1 is 1.10 bits per heavy atom. The fourth-order valence-electron chi connectivity index (χ4n) is 2.55. The summed E-state index contributed by atoms with van der Waals surface area (Å²) in [6.45, 7) is 1.05. The van der Waals surface area contributed by atoms with Gasteiger partial charge in [0.1, 0.15) is 18.7 Å². The largest absolute Gasteiger partial charge is 0.460 e. The van der Waals surface area contributed by atoms with E-state index in [-0.39, 0.29) is 21.5 Å². The molecule has 0 atom stereocenters. The number of hydrogen-bond donors (Lipinski definition) is 1. The van der Waals surface area contributed by atoms with Gasteiger partial charge >= 0.3 is 11.6 Å². The number of sulfonamides is 1. The molecule has 3 aromatic rings. The van der Waals surface area contributed by atoms with Crippen molar-refractivity contribution in [2.45, 2.75) is 18.4 Å². The highest BCUT2D eigenvalue weighted by Crippen LogP contribution is 2.24. The highest BCUT2D eigenvalue weighted by Gasteiger charge is 2.18. The third-order valence-corrected chi connectivity index (χ3v) is 6.12. The molecule has 0 aliphatic rings. The van der Waals surface area contributed by atoms with Crippen molar-refractivity contribution >= 4 is 50.2 Å². The number of aryl methyl sites for hydroxylation is 1. The first-order valence-corrected chi connectivity index (χ1v) is 10.5. The Kier molecular flexibility index (Phi) is 6.28. The third-order valence-electron chi connectivity index (χ3n) is 3.98. The summed E-state index contributed by atoms with van der Waals surface area (Å²) in [6.07, 6.45) is 0. The van der Waals surface area contributed by atoms with E-state index in [9.17, 15) is 18.0 Å². The van der Waals surface area contributed by atoms with E-state index in [4.69, 9.17) is 32.4 Å². The van der Waals surface area contributed by atoms with Crippen LogP contribution in [0.25, 0.3) is 11.0 Å². The van der Waals surface area contributed by atoms with Crippen molar-refractivity contribution in [2.24, 2.45) is 0 Å². The number of nitrogens with one attached hydrogen (secondary N) is 1. The highest BCUT2D eigenvalue weighted by molar-refractivity contribution is 7.89. The van der Waals surface area contributed by atoms with Gasteiger partial charge in [0.25, 0.3) is 0 Å². The van der Waals surface area contributed by atoms with E-state index in [0.29, 0.717) is 16.5 Å². The van der Waals surface area contributed by atoms with Crippen LogP contribution in [0.2, 0.25) is 10.0 Å². The molecular weight excluding hydrogens is 441 g/mol. The molecule has 7 nitrogen and oxygen atoms in total. The van der Waals surface area contributed by atoms with Crippen LogP contribution < -0.4 is 10.3 Å².